The number of rotatable bonds is 4. The standard InChI is InChI=1S/C21H22N6O5S/c28-21(16-4-2-15(3-5-16)20-22-24-25-23-20)26-8-10-27(11-9-26)33(29,30)17-6-7-18-19(14-17)32-13-1-12-31-18/h2-7,14H,1,8-13H2,(H,22,23,24,25). The lowest BCUT2D eigenvalue weighted by molar-refractivity contribution is 0.0698. The van der Waals surface area contributed by atoms with Crippen LogP contribution in [-0.4, -0.2) is 83.5 Å². The van der Waals surface area contributed by atoms with Crippen molar-refractivity contribution in [3.05, 3.63) is 48.0 Å². The molecule has 5 rings (SSSR count). The molecule has 11 nitrogen and oxygen atoms in total. The summed E-state index contributed by atoms with van der Waals surface area (Å²) in [5.74, 6) is 1.28. The summed E-state index contributed by atoms with van der Waals surface area (Å²) < 4.78 is 38.9. The van der Waals surface area contributed by atoms with Gasteiger partial charge in [-0.25, -0.2) is 8.42 Å². The third kappa shape index (κ3) is 4.26. The van der Waals surface area contributed by atoms with Crippen LogP contribution in [0.2, 0.25) is 0 Å². The van der Waals surface area contributed by atoms with Crippen LogP contribution in [0, 0.1) is 0 Å². The molecule has 2 aromatic carbocycles. The van der Waals surface area contributed by atoms with Gasteiger partial charge in [-0.3, -0.25) is 4.79 Å². The van der Waals surface area contributed by atoms with E-state index in [1.165, 1.54) is 16.4 Å². The molecule has 1 saturated heterocycles. The van der Waals surface area contributed by atoms with Gasteiger partial charge in [0, 0.05) is 49.8 Å². The third-order valence-corrected chi connectivity index (χ3v) is 7.51. The molecule has 172 valence electrons. The molecule has 1 aromatic heterocycles. The first kappa shape index (κ1) is 21.3. The fourth-order valence-electron chi connectivity index (χ4n) is 3.81. The van der Waals surface area contributed by atoms with Gasteiger partial charge in [0.1, 0.15) is 0 Å². The number of fused-ring (bicyclic) bond motifs is 1. The molecule has 33 heavy (non-hydrogen) atoms. The van der Waals surface area contributed by atoms with E-state index in [1.54, 1.807) is 35.2 Å². The van der Waals surface area contributed by atoms with E-state index in [4.69, 9.17) is 9.47 Å². The number of benzene rings is 2. The molecule has 1 amide bonds. The number of carbonyl (C=O) groups is 1. The Morgan fingerprint density at radius 3 is 2.36 bits per heavy atom. The largest absolute Gasteiger partial charge is 0.490 e. The quantitative estimate of drug-likeness (QED) is 0.601. The lowest BCUT2D eigenvalue weighted by Crippen LogP contribution is -2.50. The van der Waals surface area contributed by atoms with Crippen LogP contribution in [0.4, 0.5) is 0 Å². The highest BCUT2D eigenvalue weighted by Gasteiger charge is 2.31. The van der Waals surface area contributed by atoms with Crippen LogP contribution >= 0.6 is 0 Å². The van der Waals surface area contributed by atoms with Gasteiger partial charge in [0.05, 0.1) is 18.1 Å². The average Bonchev–Trinajstić information content (AvgIpc) is 3.29. The Labute approximate surface area is 190 Å². The number of piperazine rings is 1. The van der Waals surface area contributed by atoms with Gasteiger partial charge in [-0.05, 0) is 29.5 Å². The maximum atomic E-state index is 13.2. The summed E-state index contributed by atoms with van der Waals surface area (Å²) in [7, 11) is -3.71. The first-order valence-electron chi connectivity index (χ1n) is 10.6. The summed E-state index contributed by atoms with van der Waals surface area (Å²) in [4.78, 5) is 14.7. The third-order valence-electron chi connectivity index (χ3n) is 5.62. The number of nitrogens with zero attached hydrogens (tertiary/aromatic N) is 5. The number of H-pyrrole nitrogens is 1. The van der Waals surface area contributed by atoms with Crippen molar-refractivity contribution in [3.63, 3.8) is 0 Å². The average molecular weight is 471 g/mol. The topological polar surface area (TPSA) is 131 Å². The lowest BCUT2D eigenvalue weighted by Gasteiger charge is -2.34. The maximum absolute atomic E-state index is 13.2. The van der Waals surface area contributed by atoms with Gasteiger partial charge < -0.3 is 14.4 Å². The number of sulfonamides is 1. The molecule has 3 aromatic rings. The lowest BCUT2D eigenvalue weighted by atomic mass is 10.1. The van der Waals surface area contributed by atoms with Gasteiger partial charge in [-0.2, -0.15) is 9.52 Å². The molecule has 0 spiro atoms. The van der Waals surface area contributed by atoms with E-state index >= 15 is 0 Å². The highest BCUT2D eigenvalue weighted by atomic mass is 32.2. The molecular formula is C21H22N6O5S. The van der Waals surface area contributed by atoms with E-state index < -0.39 is 10.0 Å². The van der Waals surface area contributed by atoms with Crippen LogP contribution in [0.15, 0.2) is 47.4 Å². The zero-order valence-corrected chi connectivity index (χ0v) is 18.5. The number of hydrogen-bond donors (Lipinski definition) is 1. The van der Waals surface area contributed by atoms with Gasteiger partial charge in [0.25, 0.3) is 5.91 Å². The van der Waals surface area contributed by atoms with Gasteiger partial charge in [-0.15, -0.1) is 10.2 Å². The molecule has 2 aliphatic heterocycles. The second kappa shape index (κ2) is 8.79. The van der Waals surface area contributed by atoms with Crippen molar-refractivity contribution in [1.29, 1.82) is 0 Å². The smallest absolute Gasteiger partial charge is 0.253 e. The normalized spacial score (nSPS) is 16.9. The van der Waals surface area contributed by atoms with Crippen LogP contribution in [0.5, 0.6) is 11.5 Å². The molecule has 0 radical (unpaired) electrons. The minimum atomic E-state index is -3.71. The number of amides is 1. The predicted octanol–water partition coefficient (Wildman–Crippen LogP) is 1.17. The minimum absolute atomic E-state index is 0.151. The summed E-state index contributed by atoms with van der Waals surface area (Å²) in [6.45, 7) is 2.04. The fourth-order valence-corrected chi connectivity index (χ4v) is 5.25. The molecule has 0 unspecified atom stereocenters. The number of hydrogen-bond acceptors (Lipinski definition) is 8. The summed E-state index contributed by atoms with van der Waals surface area (Å²) in [5, 5.41) is 13.7. The summed E-state index contributed by atoms with van der Waals surface area (Å²) in [6.07, 6.45) is 0.743. The van der Waals surface area contributed by atoms with Crippen molar-refractivity contribution in [2.24, 2.45) is 0 Å². The van der Waals surface area contributed by atoms with E-state index in [0.717, 1.165) is 12.0 Å². The van der Waals surface area contributed by atoms with Crippen molar-refractivity contribution < 1.29 is 22.7 Å². The van der Waals surface area contributed by atoms with Crippen molar-refractivity contribution in [1.82, 2.24) is 29.8 Å². The number of ether oxygens (including phenoxy) is 2. The van der Waals surface area contributed by atoms with E-state index in [-0.39, 0.29) is 23.9 Å². The summed E-state index contributed by atoms with van der Waals surface area (Å²) in [5.41, 5.74) is 1.26. The Hall–Kier alpha value is -3.51. The van der Waals surface area contributed by atoms with Crippen molar-refractivity contribution in [3.8, 4) is 22.9 Å². The van der Waals surface area contributed by atoms with Crippen LogP contribution in [0.3, 0.4) is 0 Å². The molecular weight excluding hydrogens is 448 g/mol. The van der Waals surface area contributed by atoms with E-state index in [9.17, 15) is 13.2 Å². The van der Waals surface area contributed by atoms with E-state index in [1.807, 2.05) is 0 Å². The number of nitrogens with one attached hydrogen (secondary N) is 1. The number of aromatic amines is 1. The second-order valence-corrected chi connectivity index (χ2v) is 9.61. The Balaban J connectivity index is 1.25. The molecule has 12 heteroatoms. The zero-order chi connectivity index (χ0) is 22.8. The zero-order valence-electron chi connectivity index (χ0n) is 17.7. The molecule has 0 bridgehead atoms. The monoisotopic (exact) mass is 470 g/mol. The maximum Gasteiger partial charge on any atom is 0.253 e. The summed E-state index contributed by atoms with van der Waals surface area (Å²) >= 11 is 0. The Bertz CT molecular complexity index is 1240. The van der Waals surface area contributed by atoms with Crippen molar-refractivity contribution >= 4 is 15.9 Å². The van der Waals surface area contributed by atoms with Crippen LogP contribution in [0.25, 0.3) is 11.4 Å². The molecule has 0 aliphatic carbocycles. The van der Waals surface area contributed by atoms with Gasteiger partial charge in [0.15, 0.2) is 11.5 Å². The first-order chi connectivity index (χ1) is 16.0. The molecule has 3 heterocycles. The van der Waals surface area contributed by atoms with E-state index in [2.05, 4.69) is 20.6 Å². The highest BCUT2D eigenvalue weighted by Crippen LogP contribution is 2.33. The Morgan fingerprint density at radius 1 is 0.939 bits per heavy atom. The Morgan fingerprint density at radius 2 is 1.67 bits per heavy atom. The van der Waals surface area contributed by atoms with Crippen LogP contribution < -0.4 is 9.47 Å². The number of carbonyl (C=O) groups excluding carboxylic acids is 1. The van der Waals surface area contributed by atoms with Crippen molar-refractivity contribution in [2.45, 2.75) is 11.3 Å². The van der Waals surface area contributed by atoms with Gasteiger partial charge >= 0.3 is 0 Å². The Kier molecular flexibility index (Phi) is 5.68. The van der Waals surface area contributed by atoms with Crippen LogP contribution in [0.1, 0.15) is 16.8 Å². The molecule has 1 fully saturated rings. The SMILES string of the molecule is O=C(c1ccc(-c2nn[nH]n2)cc1)N1CCN(S(=O)(=O)c2ccc3c(c2)OCCCO3)CC1. The minimum Gasteiger partial charge on any atom is -0.490 e. The number of tetrazole rings is 1. The first-order valence-corrected chi connectivity index (χ1v) is 12.0. The fraction of sp³-hybridized carbons (Fsp3) is 0.333. The van der Waals surface area contributed by atoms with Crippen molar-refractivity contribution in [2.75, 3.05) is 39.4 Å². The molecule has 1 N–H and O–H groups in total. The van der Waals surface area contributed by atoms with E-state index in [0.29, 0.717) is 49.2 Å². The van der Waals surface area contributed by atoms with Crippen LogP contribution in [-0.2, 0) is 10.0 Å². The molecule has 0 saturated carbocycles. The number of aromatic nitrogens is 4. The van der Waals surface area contributed by atoms with Gasteiger partial charge in [0.2, 0.25) is 15.8 Å². The predicted molar refractivity (Wildman–Crippen MR) is 116 cm³/mol. The summed E-state index contributed by atoms with van der Waals surface area (Å²) in [6, 6.07) is 11.6. The molecule has 2 aliphatic rings. The highest BCUT2D eigenvalue weighted by molar-refractivity contribution is 7.89. The molecule has 0 atom stereocenters. The van der Waals surface area contributed by atoms with Gasteiger partial charge in [-0.1, -0.05) is 12.1 Å². The second-order valence-electron chi connectivity index (χ2n) is 7.67.